The van der Waals surface area contributed by atoms with Crippen molar-refractivity contribution in [2.45, 2.75) is 57.3 Å². The number of urea groups is 1. The number of hydrogen-bond acceptors (Lipinski definition) is 13. The third kappa shape index (κ3) is 11.5. The fourth-order valence-corrected chi connectivity index (χ4v) is 12.2. The van der Waals surface area contributed by atoms with E-state index < -0.39 is 101 Å². The number of aromatic nitrogens is 2. The number of nitrogens with one attached hydrogen (secondary N) is 6. The largest absolute Gasteiger partial charge is 0.338 e. The van der Waals surface area contributed by atoms with Crippen molar-refractivity contribution in [2.24, 2.45) is 0 Å². The molecule has 10 N–H and O–H groups in total. The van der Waals surface area contributed by atoms with Crippen LogP contribution >= 0.6 is 0 Å². The lowest BCUT2D eigenvalue weighted by Gasteiger charge is -2.14. The number of fused-ring (bicyclic) bond motifs is 2. The number of anilines is 6. The van der Waals surface area contributed by atoms with Gasteiger partial charge in [-0.2, -0.15) is 33.7 Å². The number of hydrogen-bond donors (Lipinski definition) is 10. The second kappa shape index (κ2) is 20.4. The average Bonchev–Trinajstić information content (AvgIpc) is 4.43. The Kier molecular flexibility index (Phi) is 13.9. The Labute approximate surface area is 454 Å². The predicted molar refractivity (Wildman–Crippen MR) is 290 cm³/mol. The van der Waals surface area contributed by atoms with Gasteiger partial charge in [-0.1, -0.05) is 48.5 Å². The fourth-order valence-electron chi connectivity index (χ4n) is 9.12. The van der Waals surface area contributed by atoms with E-state index in [1.165, 1.54) is 85.2 Å². The standard InChI is InChI=1S/C51H42N8O17S4/c60-47(52-31-23-41(58(25-31)33-13-14-33)49(62)56-39-19-17-35-37(45(39)79(71,72)73)9-3-11-43(35)77(65,66)67)27-5-1-7-29(21-27)54-51(64)55-30-8-2-6-28(22-30)48(61)53-32-24-42(59(26-32)34-15-16-34)50(63)57-40-20-18-36-38(46(40)80(74,75)76)10-4-12-44(36)78(68,69)70/h1-12,17-26,33-34H,13-16H2,(H,52,60)(H,53,61)(H,56,62)(H,57,63)(H2,54,55,64)(H,65,66,67)(H,68,69,70)(H,71,72,73)(H,74,75,76). The number of rotatable bonds is 16. The maximum atomic E-state index is 13.8. The Hall–Kier alpha value is -8.81. The summed E-state index contributed by atoms with van der Waals surface area (Å²) in [6.07, 6.45) is 5.73. The summed E-state index contributed by atoms with van der Waals surface area (Å²) in [5.41, 5.74) is 0.0393. The van der Waals surface area contributed by atoms with Crippen molar-refractivity contribution in [3.8, 4) is 0 Å². The molecule has 10 rings (SSSR count). The Balaban J connectivity index is 0.792. The average molecular weight is 1170 g/mol. The molecule has 0 spiro atoms. The smallest absolute Gasteiger partial charge is 0.323 e. The van der Waals surface area contributed by atoms with Crippen LogP contribution in [0, 0.1) is 0 Å². The van der Waals surface area contributed by atoms with Gasteiger partial charge in [0, 0.05) is 68.5 Å². The molecule has 2 saturated carbocycles. The van der Waals surface area contributed by atoms with E-state index in [0.29, 0.717) is 25.7 Å². The molecular formula is C51H42N8O17S4. The van der Waals surface area contributed by atoms with Gasteiger partial charge in [0.15, 0.2) is 0 Å². The highest BCUT2D eigenvalue weighted by atomic mass is 32.2. The SMILES string of the molecule is O=C(Nc1cccc(C(=O)Nc2cc(C(=O)Nc3ccc4c(S(=O)(=O)O)cccc4c3S(=O)(=O)O)n(C3CC3)c2)c1)Nc1cccc(C(=O)Nc2cc(C(=O)Nc3ccc4c(S(=O)(=O)O)cccc4c3S(=O)(=O)O)n(C3CC3)c2)c1. The molecule has 412 valence electrons. The van der Waals surface area contributed by atoms with Crippen molar-refractivity contribution in [2.75, 3.05) is 31.9 Å². The van der Waals surface area contributed by atoms with E-state index >= 15 is 0 Å². The van der Waals surface area contributed by atoms with Gasteiger partial charge in [-0.05, 0) is 98.5 Å². The van der Waals surface area contributed by atoms with Crippen LogP contribution in [0.25, 0.3) is 21.5 Å². The number of nitrogens with zero attached hydrogens (tertiary/aromatic N) is 2. The maximum absolute atomic E-state index is 13.8. The third-order valence-electron chi connectivity index (χ3n) is 12.8. The maximum Gasteiger partial charge on any atom is 0.323 e. The molecule has 0 bridgehead atoms. The molecule has 0 radical (unpaired) electrons. The highest BCUT2D eigenvalue weighted by Crippen LogP contribution is 2.41. The van der Waals surface area contributed by atoms with Crippen LogP contribution in [0.15, 0.2) is 153 Å². The highest BCUT2D eigenvalue weighted by molar-refractivity contribution is 7.87. The van der Waals surface area contributed by atoms with Crippen molar-refractivity contribution < 1.29 is 75.9 Å². The molecule has 2 aromatic heterocycles. The molecule has 0 unspecified atom stereocenters. The van der Waals surface area contributed by atoms with E-state index in [9.17, 15) is 75.9 Å². The zero-order chi connectivity index (χ0) is 57.2. The zero-order valence-electron chi connectivity index (χ0n) is 40.8. The second-order valence-electron chi connectivity index (χ2n) is 18.5. The van der Waals surface area contributed by atoms with Gasteiger partial charge in [-0.3, -0.25) is 37.4 Å². The number of amides is 6. The molecule has 0 aliphatic heterocycles. The lowest BCUT2D eigenvalue weighted by molar-refractivity contribution is 0.101. The number of benzene rings is 6. The van der Waals surface area contributed by atoms with Crippen LogP contribution in [0.3, 0.4) is 0 Å². The van der Waals surface area contributed by atoms with Crippen molar-refractivity contribution in [1.82, 2.24) is 9.13 Å². The van der Waals surface area contributed by atoms with Crippen molar-refractivity contribution in [1.29, 1.82) is 0 Å². The van der Waals surface area contributed by atoms with Gasteiger partial charge in [0.2, 0.25) is 0 Å². The molecule has 2 fully saturated rings. The van der Waals surface area contributed by atoms with E-state index in [1.807, 2.05) is 0 Å². The molecule has 29 heteroatoms. The summed E-state index contributed by atoms with van der Waals surface area (Å²) in [5.74, 6) is -2.99. The fraction of sp³-hybridized carbons (Fsp3) is 0.118. The molecule has 6 amide bonds. The Morgan fingerprint density at radius 3 is 1.11 bits per heavy atom. The van der Waals surface area contributed by atoms with Crippen molar-refractivity contribution >= 4 is 126 Å². The van der Waals surface area contributed by atoms with E-state index in [1.54, 1.807) is 9.13 Å². The van der Waals surface area contributed by atoms with Crippen LogP contribution in [0.2, 0.25) is 0 Å². The first-order chi connectivity index (χ1) is 37.7. The first kappa shape index (κ1) is 54.5. The van der Waals surface area contributed by atoms with Crippen LogP contribution in [0.4, 0.5) is 38.9 Å². The van der Waals surface area contributed by atoms with Gasteiger partial charge in [0.25, 0.3) is 64.1 Å². The van der Waals surface area contributed by atoms with E-state index in [4.69, 9.17) is 0 Å². The molecular weight excluding hydrogens is 1120 g/mol. The molecule has 2 heterocycles. The second-order valence-corrected chi connectivity index (χ2v) is 24.0. The minimum Gasteiger partial charge on any atom is -0.338 e. The molecule has 6 aromatic carbocycles. The summed E-state index contributed by atoms with van der Waals surface area (Å²) >= 11 is 0. The normalized spacial score (nSPS) is 13.8. The molecule has 80 heavy (non-hydrogen) atoms. The quantitative estimate of drug-likeness (QED) is 0.0411. The molecule has 25 nitrogen and oxygen atoms in total. The summed E-state index contributed by atoms with van der Waals surface area (Å²) in [6, 6.07) is 24.5. The molecule has 0 saturated heterocycles. The van der Waals surface area contributed by atoms with Crippen LogP contribution in [-0.2, 0) is 40.5 Å². The minimum atomic E-state index is -5.11. The summed E-state index contributed by atoms with van der Waals surface area (Å²) in [4.78, 5) is 65.1. The third-order valence-corrected chi connectivity index (χ3v) is 16.6. The number of carbonyl (C=O) groups excluding carboxylic acids is 5. The van der Waals surface area contributed by atoms with Gasteiger partial charge in [-0.25, -0.2) is 4.79 Å². The Morgan fingerprint density at radius 1 is 0.388 bits per heavy atom. The lowest BCUT2D eigenvalue weighted by Crippen LogP contribution is -2.20. The minimum absolute atomic E-state index is 0.00360. The molecule has 2 aliphatic carbocycles. The summed E-state index contributed by atoms with van der Waals surface area (Å²) in [5, 5.41) is 14.5. The Bertz CT molecular complexity index is 4180. The van der Waals surface area contributed by atoms with Gasteiger partial charge in [0.05, 0.1) is 22.7 Å². The zero-order valence-corrected chi connectivity index (χ0v) is 44.1. The van der Waals surface area contributed by atoms with Gasteiger partial charge < -0.3 is 41.0 Å². The predicted octanol–water partition coefficient (Wildman–Crippen LogP) is 7.91. The van der Waals surface area contributed by atoms with Gasteiger partial charge in [0.1, 0.15) is 31.0 Å². The van der Waals surface area contributed by atoms with Crippen molar-refractivity contribution in [3.63, 3.8) is 0 Å². The van der Waals surface area contributed by atoms with Crippen LogP contribution in [-0.4, -0.2) is 90.7 Å². The molecule has 2 aliphatic rings. The highest BCUT2D eigenvalue weighted by Gasteiger charge is 2.33. The molecule has 0 atom stereocenters. The number of carbonyl (C=O) groups is 5. The first-order valence-electron chi connectivity index (χ1n) is 23.7. The topological polar surface area (TPSA) is 385 Å². The summed E-state index contributed by atoms with van der Waals surface area (Å²) in [6.45, 7) is 0. The van der Waals surface area contributed by atoms with Crippen LogP contribution < -0.4 is 31.9 Å². The van der Waals surface area contributed by atoms with E-state index in [2.05, 4.69) is 31.9 Å². The summed E-state index contributed by atoms with van der Waals surface area (Å²) < 4.78 is 142. The van der Waals surface area contributed by atoms with Crippen LogP contribution in [0.1, 0.15) is 79.5 Å². The van der Waals surface area contributed by atoms with Crippen LogP contribution in [0.5, 0.6) is 0 Å². The van der Waals surface area contributed by atoms with Crippen molar-refractivity contribution in [3.05, 3.63) is 156 Å². The Morgan fingerprint density at radius 2 is 0.762 bits per heavy atom. The van der Waals surface area contributed by atoms with E-state index in [0.717, 1.165) is 48.5 Å². The van der Waals surface area contributed by atoms with E-state index in [-0.39, 0.29) is 78.9 Å². The lowest BCUT2D eigenvalue weighted by atomic mass is 10.1. The molecule has 8 aromatic rings. The van der Waals surface area contributed by atoms with Gasteiger partial charge >= 0.3 is 6.03 Å². The van der Waals surface area contributed by atoms with Gasteiger partial charge in [-0.15, -0.1) is 0 Å². The monoisotopic (exact) mass is 1170 g/mol. The first-order valence-corrected chi connectivity index (χ1v) is 29.5. The summed E-state index contributed by atoms with van der Waals surface area (Å²) in [7, 11) is -19.9.